The maximum absolute atomic E-state index is 14.4. The normalized spacial score (nSPS) is 11.1. The first kappa shape index (κ1) is 18.0. The molecule has 0 unspecified atom stereocenters. The van der Waals surface area contributed by atoms with Gasteiger partial charge in [0.25, 0.3) is 0 Å². The molecule has 26 heavy (non-hydrogen) atoms. The van der Waals surface area contributed by atoms with E-state index in [0.29, 0.717) is 24.3 Å². The quantitative estimate of drug-likeness (QED) is 0.367. The van der Waals surface area contributed by atoms with Crippen molar-refractivity contribution in [2.24, 2.45) is 0 Å². The second-order valence-electron chi connectivity index (χ2n) is 5.67. The van der Waals surface area contributed by atoms with Crippen LogP contribution in [0.5, 0.6) is 0 Å². The fourth-order valence-electron chi connectivity index (χ4n) is 2.67. The lowest BCUT2D eigenvalue weighted by Gasteiger charge is -2.11. The average Bonchev–Trinajstić information content (AvgIpc) is 2.50. The summed E-state index contributed by atoms with van der Waals surface area (Å²) in [5, 5.41) is 0. The van der Waals surface area contributed by atoms with Gasteiger partial charge in [0.15, 0.2) is 17.5 Å². The van der Waals surface area contributed by atoms with Gasteiger partial charge in [-0.1, -0.05) is 0 Å². The molecule has 0 spiro atoms. The van der Waals surface area contributed by atoms with E-state index in [2.05, 4.69) is 0 Å². The Morgan fingerprint density at radius 3 is 1.15 bits per heavy atom. The maximum atomic E-state index is 14.4. The van der Waals surface area contributed by atoms with Gasteiger partial charge in [0.1, 0.15) is 23.3 Å². The van der Waals surface area contributed by atoms with E-state index in [4.69, 9.17) is 0 Å². The van der Waals surface area contributed by atoms with Gasteiger partial charge < -0.3 is 0 Å². The van der Waals surface area contributed by atoms with Gasteiger partial charge in [0.05, 0.1) is 11.1 Å². The molecule has 0 N–H and O–H groups in total. The molecule has 0 nitrogen and oxygen atoms in total. The van der Waals surface area contributed by atoms with Crippen LogP contribution in [-0.4, -0.2) is 0 Å². The maximum Gasteiger partial charge on any atom is 0.194 e. The van der Waals surface area contributed by atoms with Gasteiger partial charge in [0, 0.05) is 0 Å². The standard InChI is InChI=1S/C19H9F7/c1-8-2-11(20)17(12(21)3-8)9-4-13(22)18(14(23)5-9)10-6-15(24)19(26)16(25)7-10/h2-7H,1H3. The van der Waals surface area contributed by atoms with Crippen LogP contribution in [0.25, 0.3) is 22.3 Å². The number of rotatable bonds is 2. The van der Waals surface area contributed by atoms with Crippen molar-refractivity contribution in [2.75, 3.05) is 0 Å². The highest BCUT2D eigenvalue weighted by atomic mass is 19.2. The van der Waals surface area contributed by atoms with Crippen LogP contribution in [0, 0.1) is 47.6 Å². The van der Waals surface area contributed by atoms with E-state index >= 15 is 0 Å². The van der Waals surface area contributed by atoms with E-state index in [1.165, 1.54) is 6.92 Å². The van der Waals surface area contributed by atoms with Crippen molar-refractivity contribution in [3.8, 4) is 22.3 Å². The first-order chi connectivity index (χ1) is 12.2. The average molecular weight is 370 g/mol. The topological polar surface area (TPSA) is 0 Å². The molecule has 0 aliphatic rings. The Morgan fingerprint density at radius 1 is 0.462 bits per heavy atom. The second kappa shape index (κ2) is 6.48. The summed E-state index contributed by atoms with van der Waals surface area (Å²) in [6.07, 6.45) is 0. The van der Waals surface area contributed by atoms with Gasteiger partial charge in [-0.15, -0.1) is 0 Å². The van der Waals surface area contributed by atoms with Crippen LogP contribution in [0.1, 0.15) is 5.56 Å². The van der Waals surface area contributed by atoms with E-state index in [1.54, 1.807) is 0 Å². The monoisotopic (exact) mass is 370 g/mol. The van der Waals surface area contributed by atoms with Crippen LogP contribution in [0.15, 0.2) is 36.4 Å². The molecule has 0 atom stereocenters. The minimum absolute atomic E-state index is 0.276. The summed E-state index contributed by atoms with van der Waals surface area (Å²) in [4.78, 5) is 0. The third-order valence-corrected chi connectivity index (χ3v) is 3.79. The predicted molar refractivity (Wildman–Crippen MR) is 81.8 cm³/mol. The Bertz CT molecular complexity index is 955. The fraction of sp³-hybridized carbons (Fsp3) is 0.0526. The molecular weight excluding hydrogens is 361 g/mol. The van der Waals surface area contributed by atoms with Crippen LogP contribution in [0.2, 0.25) is 0 Å². The molecule has 0 heterocycles. The summed E-state index contributed by atoms with van der Waals surface area (Å²) in [7, 11) is 0. The summed E-state index contributed by atoms with van der Waals surface area (Å²) in [6.45, 7) is 1.44. The van der Waals surface area contributed by atoms with Crippen molar-refractivity contribution < 1.29 is 30.7 Å². The van der Waals surface area contributed by atoms with Gasteiger partial charge in [-0.25, -0.2) is 30.7 Å². The van der Waals surface area contributed by atoms with Crippen molar-refractivity contribution >= 4 is 0 Å². The SMILES string of the molecule is Cc1cc(F)c(-c2cc(F)c(-c3cc(F)c(F)c(F)c3)c(F)c2)c(F)c1. The van der Waals surface area contributed by atoms with Crippen molar-refractivity contribution in [3.05, 3.63) is 82.7 Å². The van der Waals surface area contributed by atoms with Crippen molar-refractivity contribution in [1.82, 2.24) is 0 Å². The lowest BCUT2D eigenvalue weighted by Crippen LogP contribution is -1.98. The summed E-state index contributed by atoms with van der Waals surface area (Å²) < 4.78 is 96.4. The fourth-order valence-corrected chi connectivity index (χ4v) is 2.67. The summed E-state index contributed by atoms with van der Waals surface area (Å²) in [6, 6.07) is 4.10. The Hall–Kier alpha value is -2.83. The third-order valence-electron chi connectivity index (χ3n) is 3.79. The molecule has 0 fully saturated rings. The van der Waals surface area contributed by atoms with E-state index in [9.17, 15) is 30.7 Å². The molecular formula is C19H9F7. The Kier molecular flexibility index (Phi) is 4.48. The van der Waals surface area contributed by atoms with E-state index in [0.717, 1.165) is 12.1 Å². The molecule has 0 aliphatic carbocycles. The summed E-state index contributed by atoms with van der Waals surface area (Å²) in [5.41, 5.74) is -2.23. The molecule has 0 amide bonds. The largest absolute Gasteiger partial charge is 0.206 e. The van der Waals surface area contributed by atoms with Crippen LogP contribution in [0.3, 0.4) is 0 Å². The molecule has 134 valence electrons. The molecule has 0 bridgehead atoms. The zero-order chi connectivity index (χ0) is 19.2. The predicted octanol–water partition coefficient (Wildman–Crippen LogP) is 6.30. The molecule has 7 heteroatoms. The number of benzene rings is 3. The smallest absolute Gasteiger partial charge is 0.194 e. The minimum atomic E-state index is -1.78. The Labute approximate surface area is 143 Å². The first-order valence-electron chi connectivity index (χ1n) is 7.29. The molecule has 0 saturated heterocycles. The highest BCUT2D eigenvalue weighted by Gasteiger charge is 2.21. The summed E-state index contributed by atoms with van der Waals surface area (Å²) in [5.74, 6) is -9.71. The van der Waals surface area contributed by atoms with Gasteiger partial charge in [-0.05, 0) is 60.0 Å². The number of halogens is 7. The minimum Gasteiger partial charge on any atom is -0.206 e. The molecule has 0 radical (unpaired) electrons. The Morgan fingerprint density at radius 2 is 0.769 bits per heavy atom. The van der Waals surface area contributed by atoms with Gasteiger partial charge in [0.2, 0.25) is 0 Å². The highest BCUT2D eigenvalue weighted by Crippen LogP contribution is 2.34. The van der Waals surface area contributed by atoms with Crippen LogP contribution in [0.4, 0.5) is 30.7 Å². The zero-order valence-electron chi connectivity index (χ0n) is 13.1. The second-order valence-corrected chi connectivity index (χ2v) is 5.67. The lowest BCUT2D eigenvalue weighted by molar-refractivity contribution is 0.447. The Balaban J connectivity index is 2.20. The van der Waals surface area contributed by atoms with Gasteiger partial charge >= 0.3 is 0 Å². The lowest BCUT2D eigenvalue weighted by atomic mass is 9.97. The number of hydrogen-bond acceptors (Lipinski definition) is 0. The van der Waals surface area contributed by atoms with Crippen LogP contribution >= 0.6 is 0 Å². The van der Waals surface area contributed by atoms with Gasteiger partial charge in [-0.2, -0.15) is 0 Å². The third kappa shape index (κ3) is 3.05. The molecule has 3 aromatic rings. The van der Waals surface area contributed by atoms with Crippen LogP contribution < -0.4 is 0 Å². The molecule has 3 rings (SSSR count). The van der Waals surface area contributed by atoms with Crippen molar-refractivity contribution in [3.63, 3.8) is 0 Å². The molecule has 3 aromatic carbocycles. The van der Waals surface area contributed by atoms with Crippen molar-refractivity contribution in [2.45, 2.75) is 6.92 Å². The zero-order valence-corrected chi connectivity index (χ0v) is 13.1. The number of hydrogen-bond donors (Lipinski definition) is 0. The van der Waals surface area contributed by atoms with Crippen molar-refractivity contribution in [1.29, 1.82) is 0 Å². The van der Waals surface area contributed by atoms with Crippen LogP contribution in [-0.2, 0) is 0 Å². The molecule has 0 aromatic heterocycles. The van der Waals surface area contributed by atoms with E-state index in [-0.39, 0.29) is 5.56 Å². The highest BCUT2D eigenvalue weighted by molar-refractivity contribution is 5.72. The van der Waals surface area contributed by atoms with E-state index < -0.39 is 63.0 Å². The number of aryl methyl sites for hydroxylation is 1. The van der Waals surface area contributed by atoms with Gasteiger partial charge in [-0.3, -0.25) is 0 Å². The summed E-state index contributed by atoms with van der Waals surface area (Å²) >= 11 is 0. The molecule has 0 aliphatic heterocycles. The van der Waals surface area contributed by atoms with E-state index in [1.807, 2.05) is 0 Å². The molecule has 0 saturated carbocycles. The first-order valence-corrected chi connectivity index (χ1v) is 7.29.